The van der Waals surface area contributed by atoms with Gasteiger partial charge in [-0.1, -0.05) is 12.1 Å². The molecule has 1 aromatic carbocycles. The van der Waals surface area contributed by atoms with E-state index in [0.717, 1.165) is 12.8 Å². The Morgan fingerprint density at radius 2 is 1.88 bits per heavy atom. The van der Waals surface area contributed by atoms with Crippen LogP contribution in [0.15, 0.2) is 33.6 Å². The number of alkyl halides is 3. The summed E-state index contributed by atoms with van der Waals surface area (Å²) in [7, 11) is 0. The molecule has 1 heterocycles. The molecule has 1 nitrogen and oxygen atoms in total. The molecule has 1 saturated carbocycles. The van der Waals surface area contributed by atoms with Crippen LogP contribution in [0.3, 0.4) is 0 Å². The molecule has 5 heteroatoms. The maximum absolute atomic E-state index is 12.5. The molecule has 17 heavy (non-hydrogen) atoms. The molecule has 1 aliphatic rings. The lowest BCUT2D eigenvalue weighted by molar-refractivity contribution is -0.0328. The smallest absolute Gasteiger partial charge is 0.446 e. The summed E-state index contributed by atoms with van der Waals surface area (Å²) in [6.45, 7) is 0. The van der Waals surface area contributed by atoms with Gasteiger partial charge in [-0.15, -0.1) is 0 Å². The van der Waals surface area contributed by atoms with Crippen LogP contribution in [0.25, 0.3) is 11.0 Å². The zero-order chi connectivity index (χ0) is 12.0. The molecular weight excluding hydrogens is 249 g/mol. The molecule has 0 atom stereocenters. The highest BCUT2D eigenvalue weighted by Gasteiger charge is 2.37. The molecule has 0 bridgehead atoms. The van der Waals surface area contributed by atoms with Crippen LogP contribution < -0.4 is 0 Å². The fourth-order valence-electron chi connectivity index (χ4n) is 1.88. The van der Waals surface area contributed by atoms with Crippen molar-refractivity contribution >= 4 is 22.7 Å². The predicted molar refractivity (Wildman–Crippen MR) is 60.1 cm³/mol. The van der Waals surface area contributed by atoms with E-state index in [1.807, 2.05) is 0 Å². The molecule has 0 N–H and O–H groups in total. The molecule has 1 aromatic heterocycles. The van der Waals surface area contributed by atoms with Crippen LogP contribution in [-0.2, 0) is 0 Å². The van der Waals surface area contributed by atoms with Crippen LogP contribution in [0.2, 0.25) is 0 Å². The van der Waals surface area contributed by atoms with Crippen molar-refractivity contribution in [3.8, 4) is 0 Å². The van der Waals surface area contributed by atoms with Gasteiger partial charge in [0.1, 0.15) is 11.3 Å². The summed E-state index contributed by atoms with van der Waals surface area (Å²) >= 11 is -0.0619. The van der Waals surface area contributed by atoms with Crippen LogP contribution in [0.5, 0.6) is 0 Å². The fraction of sp³-hybridized carbons (Fsp3) is 0.333. The van der Waals surface area contributed by atoms with Crippen molar-refractivity contribution in [3.63, 3.8) is 0 Å². The number of furan rings is 1. The summed E-state index contributed by atoms with van der Waals surface area (Å²) in [4.78, 5) is 0.246. The van der Waals surface area contributed by atoms with Gasteiger partial charge in [0.25, 0.3) is 0 Å². The third-order valence-electron chi connectivity index (χ3n) is 2.74. The van der Waals surface area contributed by atoms with E-state index in [1.54, 1.807) is 24.3 Å². The highest BCUT2D eigenvalue weighted by atomic mass is 32.2. The molecule has 0 unspecified atom stereocenters. The quantitative estimate of drug-likeness (QED) is 0.709. The molecule has 0 aliphatic heterocycles. The Labute approximate surface area is 100.0 Å². The van der Waals surface area contributed by atoms with E-state index in [9.17, 15) is 13.2 Å². The Morgan fingerprint density at radius 1 is 1.18 bits per heavy atom. The number of hydrogen-bond acceptors (Lipinski definition) is 2. The number of benzene rings is 1. The lowest BCUT2D eigenvalue weighted by Crippen LogP contribution is -1.99. The van der Waals surface area contributed by atoms with E-state index >= 15 is 0 Å². The van der Waals surface area contributed by atoms with Gasteiger partial charge in [0.15, 0.2) is 0 Å². The van der Waals surface area contributed by atoms with Crippen molar-refractivity contribution in [1.29, 1.82) is 0 Å². The Balaban J connectivity index is 2.14. The zero-order valence-electron chi connectivity index (χ0n) is 8.75. The van der Waals surface area contributed by atoms with E-state index in [4.69, 9.17) is 4.42 Å². The minimum absolute atomic E-state index is 0.0619. The third kappa shape index (κ3) is 2.16. The predicted octanol–water partition coefficient (Wildman–Crippen LogP) is 4.92. The van der Waals surface area contributed by atoms with Crippen LogP contribution >= 0.6 is 11.8 Å². The van der Waals surface area contributed by atoms with E-state index in [1.165, 1.54) is 0 Å². The van der Waals surface area contributed by atoms with E-state index < -0.39 is 5.51 Å². The van der Waals surface area contributed by atoms with Crippen molar-refractivity contribution < 1.29 is 17.6 Å². The maximum Gasteiger partial charge on any atom is 0.446 e. The van der Waals surface area contributed by atoms with Crippen LogP contribution in [0, 0.1) is 0 Å². The van der Waals surface area contributed by atoms with Crippen molar-refractivity contribution in [2.45, 2.75) is 29.2 Å². The summed E-state index contributed by atoms with van der Waals surface area (Å²) in [5, 5.41) is 0.566. The number of para-hydroxylation sites is 1. The highest BCUT2D eigenvalue weighted by molar-refractivity contribution is 8.00. The first-order chi connectivity index (χ1) is 8.04. The second-order valence-electron chi connectivity index (χ2n) is 4.11. The van der Waals surface area contributed by atoms with Gasteiger partial charge in [-0.25, -0.2) is 0 Å². The molecule has 90 valence electrons. The first-order valence-corrected chi connectivity index (χ1v) is 6.13. The summed E-state index contributed by atoms with van der Waals surface area (Å²) < 4.78 is 43.1. The average molecular weight is 258 g/mol. The zero-order valence-corrected chi connectivity index (χ0v) is 9.57. The molecular formula is C12H9F3OS. The minimum atomic E-state index is -4.27. The molecule has 1 aliphatic carbocycles. The molecule has 0 amide bonds. The van der Waals surface area contributed by atoms with Crippen LogP contribution in [0.4, 0.5) is 13.2 Å². The number of thioether (sulfide) groups is 1. The summed E-state index contributed by atoms with van der Waals surface area (Å²) in [5.41, 5.74) is -3.72. The standard InChI is InChI=1S/C12H9F3OS/c13-12(14,15)17-11-8-3-1-2-4-9(8)16-10(11)7-5-6-7/h1-4,7H,5-6H2. The molecule has 0 spiro atoms. The number of hydrogen-bond donors (Lipinski definition) is 0. The van der Waals surface area contributed by atoms with Gasteiger partial charge in [-0.2, -0.15) is 13.2 Å². The van der Waals surface area contributed by atoms with Crippen molar-refractivity contribution in [3.05, 3.63) is 30.0 Å². The number of fused-ring (bicyclic) bond motifs is 1. The van der Waals surface area contributed by atoms with Crippen LogP contribution in [-0.4, -0.2) is 5.51 Å². The Bertz CT molecular complexity index is 554. The Morgan fingerprint density at radius 3 is 2.53 bits per heavy atom. The molecule has 0 radical (unpaired) electrons. The van der Waals surface area contributed by atoms with Gasteiger partial charge >= 0.3 is 5.51 Å². The van der Waals surface area contributed by atoms with Crippen LogP contribution in [0.1, 0.15) is 24.5 Å². The molecule has 0 saturated heterocycles. The third-order valence-corrected chi connectivity index (χ3v) is 3.60. The van der Waals surface area contributed by atoms with Gasteiger partial charge in [-0.05, 0) is 36.7 Å². The van der Waals surface area contributed by atoms with Crippen molar-refractivity contribution in [2.24, 2.45) is 0 Å². The lowest BCUT2D eigenvalue weighted by atomic mass is 10.2. The summed E-state index contributed by atoms with van der Waals surface area (Å²) in [6.07, 6.45) is 1.84. The van der Waals surface area contributed by atoms with E-state index in [-0.39, 0.29) is 22.6 Å². The van der Waals surface area contributed by atoms with Gasteiger partial charge in [0.2, 0.25) is 0 Å². The van der Waals surface area contributed by atoms with E-state index in [2.05, 4.69) is 0 Å². The van der Waals surface area contributed by atoms with Gasteiger partial charge in [0, 0.05) is 11.3 Å². The lowest BCUT2D eigenvalue weighted by Gasteiger charge is -2.05. The fourth-order valence-corrected chi connectivity index (χ4v) is 2.69. The summed E-state index contributed by atoms with van der Waals surface area (Å²) in [5.74, 6) is 0.681. The van der Waals surface area contributed by atoms with Crippen molar-refractivity contribution in [2.75, 3.05) is 0 Å². The summed E-state index contributed by atoms with van der Waals surface area (Å²) in [6, 6.07) is 6.89. The first-order valence-electron chi connectivity index (χ1n) is 5.32. The second-order valence-corrected chi connectivity index (χ2v) is 5.19. The maximum atomic E-state index is 12.5. The van der Waals surface area contributed by atoms with E-state index in [0.29, 0.717) is 16.7 Å². The highest BCUT2D eigenvalue weighted by Crippen LogP contribution is 2.51. The SMILES string of the molecule is FC(F)(F)Sc1c(C2CC2)oc2ccccc12. The average Bonchev–Trinajstić information content (AvgIpc) is 3.02. The van der Waals surface area contributed by atoms with Crippen molar-refractivity contribution in [1.82, 2.24) is 0 Å². The first kappa shape index (κ1) is 11.0. The van der Waals surface area contributed by atoms with Gasteiger partial charge in [-0.3, -0.25) is 0 Å². The molecule has 2 aromatic rings. The Kier molecular flexibility index (Phi) is 2.40. The number of halogens is 3. The topological polar surface area (TPSA) is 13.1 Å². The largest absolute Gasteiger partial charge is 0.460 e. The number of rotatable bonds is 2. The second kappa shape index (κ2) is 3.70. The normalized spacial score (nSPS) is 16.6. The van der Waals surface area contributed by atoms with Gasteiger partial charge in [0.05, 0.1) is 4.90 Å². The Hall–Kier alpha value is -1.10. The molecule has 1 fully saturated rings. The van der Waals surface area contributed by atoms with Gasteiger partial charge < -0.3 is 4.42 Å². The monoisotopic (exact) mass is 258 g/mol. The molecule has 3 rings (SSSR count). The minimum Gasteiger partial charge on any atom is -0.460 e.